The van der Waals surface area contributed by atoms with Crippen molar-refractivity contribution in [1.82, 2.24) is 15.1 Å². The van der Waals surface area contributed by atoms with Crippen LogP contribution in [0.4, 0.5) is 0 Å². The first-order valence-corrected chi connectivity index (χ1v) is 7.96. The molecule has 3 atom stereocenters. The van der Waals surface area contributed by atoms with Crippen LogP contribution in [-0.2, 0) is 4.79 Å². The highest BCUT2D eigenvalue weighted by atomic mass is 16.2. The number of amides is 1. The van der Waals surface area contributed by atoms with Crippen molar-refractivity contribution in [2.75, 3.05) is 39.3 Å². The molecule has 1 N–H and O–H groups in total. The Morgan fingerprint density at radius 2 is 2.11 bits per heavy atom. The van der Waals surface area contributed by atoms with Crippen molar-refractivity contribution in [3.8, 4) is 0 Å². The van der Waals surface area contributed by atoms with Crippen LogP contribution in [0.25, 0.3) is 0 Å². The number of fused-ring (bicyclic) bond motifs is 1. The minimum absolute atomic E-state index is 0.357. The van der Waals surface area contributed by atoms with E-state index in [1.54, 1.807) is 0 Å². The monoisotopic (exact) mass is 265 g/mol. The van der Waals surface area contributed by atoms with Crippen LogP contribution in [0.2, 0.25) is 0 Å². The predicted molar refractivity (Wildman–Crippen MR) is 75.9 cm³/mol. The molecule has 3 fully saturated rings. The summed E-state index contributed by atoms with van der Waals surface area (Å²) in [6.07, 6.45) is 4.97. The standard InChI is InChI=1S/C15H27N3O/c1-12-3-2-7-18(9-12)15(19)11-17-8-5-14-13(10-17)4-6-16-14/h12-14,16H,2-11H2,1H3. The first-order chi connectivity index (χ1) is 9.22. The van der Waals surface area contributed by atoms with Gasteiger partial charge >= 0.3 is 0 Å². The zero-order valence-corrected chi connectivity index (χ0v) is 12.1. The molecule has 3 saturated heterocycles. The molecule has 3 rings (SSSR count). The Balaban J connectivity index is 1.49. The zero-order chi connectivity index (χ0) is 13.2. The first kappa shape index (κ1) is 13.4. The van der Waals surface area contributed by atoms with Gasteiger partial charge in [-0.15, -0.1) is 0 Å². The highest BCUT2D eigenvalue weighted by Gasteiger charge is 2.33. The van der Waals surface area contributed by atoms with Crippen LogP contribution < -0.4 is 5.32 Å². The largest absolute Gasteiger partial charge is 0.341 e. The van der Waals surface area contributed by atoms with Gasteiger partial charge in [0, 0.05) is 32.2 Å². The fourth-order valence-corrected chi connectivity index (χ4v) is 3.97. The predicted octanol–water partition coefficient (Wildman–Crippen LogP) is 0.929. The molecule has 19 heavy (non-hydrogen) atoms. The number of hydrogen-bond acceptors (Lipinski definition) is 3. The van der Waals surface area contributed by atoms with E-state index < -0.39 is 0 Å². The molecule has 4 heteroatoms. The average molecular weight is 265 g/mol. The molecule has 1 amide bonds. The molecule has 108 valence electrons. The van der Waals surface area contributed by atoms with Gasteiger partial charge in [0.1, 0.15) is 0 Å². The van der Waals surface area contributed by atoms with E-state index in [-0.39, 0.29) is 0 Å². The fourth-order valence-electron chi connectivity index (χ4n) is 3.97. The van der Waals surface area contributed by atoms with E-state index in [1.807, 2.05) is 0 Å². The second-order valence-electron chi connectivity index (χ2n) is 6.72. The quantitative estimate of drug-likeness (QED) is 0.807. The average Bonchev–Trinajstić information content (AvgIpc) is 2.86. The Kier molecular flexibility index (Phi) is 4.08. The molecular weight excluding hydrogens is 238 g/mol. The third-order valence-corrected chi connectivity index (χ3v) is 5.11. The first-order valence-electron chi connectivity index (χ1n) is 7.96. The van der Waals surface area contributed by atoms with E-state index >= 15 is 0 Å². The van der Waals surface area contributed by atoms with Crippen LogP contribution in [0.15, 0.2) is 0 Å². The SMILES string of the molecule is CC1CCCN(C(=O)CN2CCC3NCCC3C2)C1. The van der Waals surface area contributed by atoms with E-state index in [0.717, 1.165) is 38.1 Å². The van der Waals surface area contributed by atoms with Crippen LogP contribution in [0.3, 0.4) is 0 Å². The van der Waals surface area contributed by atoms with Gasteiger partial charge in [-0.2, -0.15) is 0 Å². The summed E-state index contributed by atoms with van der Waals surface area (Å²) < 4.78 is 0. The lowest BCUT2D eigenvalue weighted by Gasteiger charge is -2.37. The molecule has 0 aromatic rings. The number of piperidine rings is 2. The second-order valence-corrected chi connectivity index (χ2v) is 6.72. The zero-order valence-electron chi connectivity index (χ0n) is 12.1. The lowest BCUT2D eigenvalue weighted by Crippen LogP contribution is -2.50. The normalized spacial score (nSPS) is 36.3. The second kappa shape index (κ2) is 5.80. The topological polar surface area (TPSA) is 35.6 Å². The van der Waals surface area contributed by atoms with Crippen LogP contribution in [0.1, 0.15) is 32.6 Å². The third kappa shape index (κ3) is 3.11. The van der Waals surface area contributed by atoms with Crippen molar-refractivity contribution in [2.24, 2.45) is 11.8 Å². The van der Waals surface area contributed by atoms with Crippen LogP contribution in [-0.4, -0.2) is 61.0 Å². The van der Waals surface area contributed by atoms with E-state index in [0.29, 0.717) is 18.4 Å². The van der Waals surface area contributed by atoms with Crippen LogP contribution in [0, 0.1) is 11.8 Å². The number of nitrogens with zero attached hydrogens (tertiary/aromatic N) is 2. The molecule has 3 heterocycles. The lowest BCUT2D eigenvalue weighted by molar-refractivity contribution is -0.134. The number of likely N-dealkylation sites (tertiary alicyclic amines) is 2. The maximum Gasteiger partial charge on any atom is 0.236 e. The highest BCUT2D eigenvalue weighted by molar-refractivity contribution is 5.78. The molecule has 3 unspecified atom stereocenters. The van der Waals surface area contributed by atoms with Crippen LogP contribution >= 0.6 is 0 Å². The summed E-state index contributed by atoms with van der Waals surface area (Å²) in [5.74, 6) is 1.82. The Hall–Kier alpha value is -0.610. The summed E-state index contributed by atoms with van der Waals surface area (Å²) in [5.41, 5.74) is 0. The van der Waals surface area contributed by atoms with E-state index in [1.165, 1.54) is 32.2 Å². The number of carbonyl (C=O) groups is 1. The Bertz CT molecular complexity index is 333. The smallest absolute Gasteiger partial charge is 0.236 e. The maximum absolute atomic E-state index is 12.4. The molecule has 0 spiro atoms. The lowest BCUT2D eigenvalue weighted by atomic mass is 9.93. The number of carbonyl (C=O) groups excluding carboxylic acids is 1. The van der Waals surface area contributed by atoms with Gasteiger partial charge in [-0.3, -0.25) is 9.69 Å². The number of nitrogens with one attached hydrogen (secondary N) is 1. The Labute approximate surface area is 116 Å². The highest BCUT2D eigenvalue weighted by Crippen LogP contribution is 2.24. The number of rotatable bonds is 2. The minimum atomic E-state index is 0.357. The molecule has 3 aliphatic heterocycles. The molecule has 0 aromatic heterocycles. The summed E-state index contributed by atoms with van der Waals surface area (Å²) in [6.45, 7) is 8.23. The fraction of sp³-hybridized carbons (Fsp3) is 0.933. The van der Waals surface area contributed by atoms with Crippen molar-refractivity contribution in [3.05, 3.63) is 0 Å². The van der Waals surface area contributed by atoms with Crippen molar-refractivity contribution in [3.63, 3.8) is 0 Å². The van der Waals surface area contributed by atoms with Gasteiger partial charge < -0.3 is 10.2 Å². The van der Waals surface area contributed by atoms with Gasteiger partial charge in [0.05, 0.1) is 6.54 Å². The molecule has 3 aliphatic rings. The Morgan fingerprint density at radius 3 is 2.95 bits per heavy atom. The van der Waals surface area contributed by atoms with E-state index in [9.17, 15) is 4.79 Å². The molecule has 0 aliphatic carbocycles. The van der Waals surface area contributed by atoms with E-state index in [4.69, 9.17) is 0 Å². The molecule has 0 saturated carbocycles. The third-order valence-electron chi connectivity index (χ3n) is 5.11. The van der Waals surface area contributed by atoms with Gasteiger partial charge in [0.25, 0.3) is 0 Å². The summed E-state index contributed by atoms with van der Waals surface area (Å²) >= 11 is 0. The van der Waals surface area contributed by atoms with Crippen molar-refractivity contribution < 1.29 is 4.79 Å². The molecule has 4 nitrogen and oxygen atoms in total. The minimum Gasteiger partial charge on any atom is -0.341 e. The summed E-state index contributed by atoms with van der Waals surface area (Å²) in [6, 6.07) is 0.723. The van der Waals surface area contributed by atoms with Gasteiger partial charge in [0.15, 0.2) is 0 Å². The van der Waals surface area contributed by atoms with Crippen molar-refractivity contribution in [2.45, 2.75) is 38.6 Å². The van der Waals surface area contributed by atoms with Crippen molar-refractivity contribution in [1.29, 1.82) is 0 Å². The molecule has 0 aromatic carbocycles. The van der Waals surface area contributed by atoms with E-state index in [2.05, 4.69) is 22.0 Å². The molecule has 0 bridgehead atoms. The summed E-state index contributed by atoms with van der Waals surface area (Å²) in [7, 11) is 0. The van der Waals surface area contributed by atoms with Gasteiger partial charge in [0.2, 0.25) is 5.91 Å². The molecular formula is C15H27N3O. The Morgan fingerprint density at radius 1 is 1.21 bits per heavy atom. The number of hydrogen-bond donors (Lipinski definition) is 1. The molecule has 0 radical (unpaired) electrons. The van der Waals surface area contributed by atoms with Crippen molar-refractivity contribution >= 4 is 5.91 Å². The summed E-state index contributed by atoms with van der Waals surface area (Å²) in [4.78, 5) is 16.8. The van der Waals surface area contributed by atoms with Gasteiger partial charge in [-0.1, -0.05) is 6.92 Å². The summed E-state index contributed by atoms with van der Waals surface area (Å²) in [5, 5.41) is 3.58. The maximum atomic E-state index is 12.4. The van der Waals surface area contributed by atoms with Gasteiger partial charge in [-0.25, -0.2) is 0 Å². The van der Waals surface area contributed by atoms with Crippen LogP contribution in [0.5, 0.6) is 0 Å². The van der Waals surface area contributed by atoms with Gasteiger partial charge in [-0.05, 0) is 44.1 Å².